The second-order valence-electron chi connectivity index (χ2n) is 9.43. The van der Waals surface area contributed by atoms with E-state index in [0.717, 1.165) is 44.2 Å². The van der Waals surface area contributed by atoms with Crippen LogP contribution in [0.4, 0.5) is 13.2 Å². The molecule has 35 heavy (non-hydrogen) atoms. The van der Waals surface area contributed by atoms with Crippen LogP contribution in [0, 0.1) is 0 Å². The zero-order chi connectivity index (χ0) is 24.7. The standard InChI is InChI=1S/C27H34F3N3O2/c28-27(29,30)22-6-4-7-25(20-22)35-24-10-8-21(9-11-24)26(34)31-14-5-15-32-18-12-23(13-19-32)33-16-2-1-3-17-33/h4,6-11,20,23H,1-3,5,12-19H2,(H,31,34). The highest BCUT2D eigenvalue weighted by molar-refractivity contribution is 5.94. The maximum Gasteiger partial charge on any atom is 0.416 e. The predicted molar refractivity (Wildman–Crippen MR) is 130 cm³/mol. The number of carbonyl (C=O) groups excluding carboxylic acids is 1. The van der Waals surface area contributed by atoms with Gasteiger partial charge in [0.2, 0.25) is 0 Å². The van der Waals surface area contributed by atoms with E-state index in [1.54, 1.807) is 24.3 Å². The summed E-state index contributed by atoms with van der Waals surface area (Å²) in [5.74, 6) is 0.297. The number of amides is 1. The molecule has 2 fully saturated rings. The minimum Gasteiger partial charge on any atom is -0.457 e. The molecule has 5 nitrogen and oxygen atoms in total. The molecule has 2 heterocycles. The normalized spacial score (nSPS) is 18.4. The van der Waals surface area contributed by atoms with Crippen molar-refractivity contribution in [1.82, 2.24) is 15.1 Å². The molecule has 2 saturated heterocycles. The van der Waals surface area contributed by atoms with E-state index in [2.05, 4.69) is 15.1 Å². The molecule has 0 saturated carbocycles. The van der Waals surface area contributed by atoms with Gasteiger partial charge in [0.25, 0.3) is 5.91 Å². The largest absolute Gasteiger partial charge is 0.457 e. The van der Waals surface area contributed by atoms with E-state index < -0.39 is 11.7 Å². The Morgan fingerprint density at radius 3 is 2.34 bits per heavy atom. The van der Waals surface area contributed by atoms with Crippen LogP contribution in [-0.2, 0) is 6.18 Å². The molecule has 2 aromatic carbocycles. The first-order chi connectivity index (χ1) is 16.9. The van der Waals surface area contributed by atoms with Crippen molar-refractivity contribution in [2.45, 2.75) is 50.7 Å². The lowest BCUT2D eigenvalue weighted by Crippen LogP contribution is -2.47. The maximum absolute atomic E-state index is 12.9. The number of carbonyl (C=O) groups is 1. The lowest BCUT2D eigenvalue weighted by Gasteiger charge is -2.40. The van der Waals surface area contributed by atoms with Gasteiger partial charge in [-0.15, -0.1) is 0 Å². The lowest BCUT2D eigenvalue weighted by molar-refractivity contribution is -0.137. The van der Waals surface area contributed by atoms with Gasteiger partial charge in [-0.1, -0.05) is 12.5 Å². The number of nitrogens with one attached hydrogen (secondary N) is 1. The molecule has 1 N–H and O–H groups in total. The van der Waals surface area contributed by atoms with Crippen LogP contribution in [0.2, 0.25) is 0 Å². The summed E-state index contributed by atoms with van der Waals surface area (Å²) in [7, 11) is 0. The number of ether oxygens (including phenoxy) is 1. The van der Waals surface area contributed by atoms with Gasteiger partial charge in [-0.2, -0.15) is 13.2 Å². The van der Waals surface area contributed by atoms with Gasteiger partial charge in [-0.25, -0.2) is 0 Å². The summed E-state index contributed by atoms with van der Waals surface area (Å²) in [6, 6.07) is 11.9. The highest BCUT2D eigenvalue weighted by Gasteiger charge is 2.30. The smallest absolute Gasteiger partial charge is 0.416 e. The Labute approximate surface area is 205 Å². The Morgan fingerprint density at radius 1 is 0.943 bits per heavy atom. The lowest BCUT2D eigenvalue weighted by atomic mass is 10.00. The van der Waals surface area contributed by atoms with Crippen LogP contribution in [-0.4, -0.2) is 61.0 Å². The predicted octanol–water partition coefficient (Wildman–Crippen LogP) is 5.57. The van der Waals surface area contributed by atoms with Crippen molar-refractivity contribution in [2.24, 2.45) is 0 Å². The summed E-state index contributed by atoms with van der Waals surface area (Å²) in [6.45, 7) is 6.36. The van der Waals surface area contributed by atoms with Gasteiger partial charge in [-0.3, -0.25) is 4.79 Å². The van der Waals surface area contributed by atoms with Crippen LogP contribution >= 0.6 is 0 Å². The van der Waals surface area contributed by atoms with E-state index in [9.17, 15) is 18.0 Å². The minimum absolute atomic E-state index is 0.0944. The van der Waals surface area contributed by atoms with Crippen molar-refractivity contribution in [3.8, 4) is 11.5 Å². The molecule has 0 aromatic heterocycles. The number of likely N-dealkylation sites (tertiary alicyclic amines) is 2. The first kappa shape index (κ1) is 25.5. The van der Waals surface area contributed by atoms with Crippen molar-refractivity contribution in [2.75, 3.05) is 39.3 Å². The maximum atomic E-state index is 12.9. The quantitative estimate of drug-likeness (QED) is 0.493. The molecule has 190 valence electrons. The Balaban J connectivity index is 1.16. The van der Waals surface area contributed by atoms with E-state index in [0.29, 0.717) is 17.9 Å². The third-order valence-corrected chi connectivity index (χ3v) is 6.91. The van der Waals surface area contributed by atoms with Gasteiger partial charge in [0.05, 0.1) is 5.56 Å². The molecule has 2 aliphatic heterocycles. The SMILES string of the molecule is O=C(NCCCN1CCC(N2CCCCC2)CC1)c1ccc(Oc2cccc(C(F)(F)F)c2)cc1. The number of halogens is 3. The highest BCUT2D eigenvalue weighted by atomic mass is 19.4. The number of nitrogens with zero attached hydrogens (tertiary/aromatic N) is 2. The van der Waals surface area contributed by atoms with Gasteiger partial charge in [0.15, 0.2) is 0 Å². The van der Waals surface area contributed by atoms with Crippen molar-refractivity contribution < 1.29 is 22.7 Å². The van der Waals surface area contributed by atoms with Gasteiger partial charge >= 0.3 is 6.18 Å². The third-order valence-electron chi connectivity index (χ3n) is 6.91. The summed E-state index contributed by atoms with van der Waals surface area (Å²) in [4.78, 5) is 17.6. The first-order valence-electron chi connectivity index (χ1n) is 12.6. The molecule has 0 atom stereocenters. The number of piperidine rings is 2. The summed E-state index contributed by atoms with van der Waals surface area (Å²) in [5, 5.41) is 2.95. The highest BCUT2D eigenvalue weighted by Crippen LogP contribution is 2.32. The number of hydrogen-bond donors (Lipinski definition) is 1. The molecule has 1 amide bonds. The fraction of sp³-hybridized carbons (Fsp3) is 0.519. The molecule has 0 aliphatic carbocycles. The first-order valence-corrected chi connectivity index (χ1v) is 12.6. The van der Waals surface area contributed by atoms with Gasteiger partial charge in [0, 0.05) is 18.2 Å². The van der Waals surface area contributed by atoms with E-state index in [1.165, 1.54) is 57.3 Å². The average Bonchev–Trinajstić information content (AvgIpc) is 2.87. The molecule has 8 heteroatoms. The summed E-state index contributed by atoms with van der Waals surface area (Å²) in [5.41, 5.74) is -0.277. The Morgan fingerprint density at radius 2 is 1.66 bits per heavy atom. The molecule has 4 rings (SSSR count). The van der Waals surface area contributed by atoms with E-state index in [4.69, 9.17) is 4.74 Å². The molecule has 2 aliphatic rings. The van der Waals surface area contributed by atoms with Crippen LogP contribution in [0.5, 0.6) is 11.5 Å². The molecular formula is C27H34F3N3O2. The van der Waals surface area contributed by atoms with Gasteiger partial charge < -0.3 is 19.9 Å². The van der Waals surface area contributed by atoms with Crippen molar-refractivity contribution in [3.63, 3.8) is 0 Å². The van der Waals surface area contributed by atoms with Crippen LogP contribution < -0.4 is 10.1 Å². The summed E-state index contributed by atoms with van der Waals surface area (Å²) < 4.78 is 44.1. The average molecular weight is 490 g/mol. The Kier molecular flexibility index (Phi) is 8.68. The summed E-state index contributed by atoms with van der Waals surface area (Å²) in [6.07, 6.45) is 3.00. The molecule has 0 radical (unpaired) electrons. The van der Waals surface area contributed by atoms with Gasteiger partial charge in [0.1, 0.15) is 11.5 Å². The number of hydrogen-bond acceptors (Lipinski definition) is 4. The fourth-order valence-electron chi connectivity index (χ4n) is 4.94. The van der Waals surface area contributed by atoms with Crippen molar-refractivity contribution in [3.05, 3.63) is 59.7 Å². The Hall–Kier alpha value is -2.58. The second kappa shape index (κ2) is 11.9. The second-order valence-corrected chi connectivity index (χ2v) is 9.43. The molecule has 0 unspecified atom stereocenters. The fourth-order valence-corrected chi connectivity index (χ4v) is 4.94. The molecule has 0 bridgehead atoms. The topological polar surface area (TPSA) is 44.8 Å². The number of rotatable bonds is 8. The zero-order valence-corrected chi connectivity index (χ0v) is 20.0. The van der Waals surface area contributed by atoms with Gasteiger partial charge in [-0.05, 0) is 107 Å². The van der Waals surface area contributed by atoms with Crippen LogP contribution in [0.25, 0.3) is 0 Å². The number of alkyl halides is 3. The minimum atomic E-state index is -4.43. The van der Waals surface area contributed by atoms with Crippen molar-refractivity contribution >= 4 is 5.91 Å². The van der Waals surface area contributed by atoms with Crippen molar-refractivity contribution in [1.29, 1.82) is 0 Å². The van der Waals surface area contributed by atoms with Crippen LogP contribution in [0.3, 0.4) is 0 Å². The summed E-state index contributed by atoms with van der Waals surface area (Å²) >= 11 is 0. The third kappa shape index (κ3) is 7.45. The molecule has 2 aromatic rings. The molecular weight excluding hydrogens is 455 g/mol. The number of benzene rings is 2. The van der Waals surface area contributed by atoms with Crippen LogP contribution in [0.1, 0.15) is 54.4 Å². The van der Waals surface area contributed by atoms with Crippen LogP contribution in [0.15, 0.2) is 48.5 Å². The molecule has 0 spiro atoms. The zero-order valence-electron chi connectivity index (χ0n) is 20.0. The Bertz CT molecular complexity index is 951. The van der Waals surface area contributed by atoms with E-state index >= 15 is 0 Å². The van der Waals surface area contributed by atoms with E-state index in [-0.39, 0.29) is 11.7 Å². The van der Waals surface area contributed by atoms with E-state index in [1.807, 2.05) is 0 Å². The monoisotopic (exact) mass is 489 g/mol.